The molecule has 1 aliphatic rings. The zero-order chi connectivity index (χ0) is 20.4. The fourth-order valence-electron chi connectivity index (χ4n) is 2.90. The van der Waals surface area contributed by atoms with Crippen LogP contribution in [0.5, 0.6) is 5.75 Å². The normalized spacial score (nSPS) is 13.1. The summed E-state index contributed by atoms with van der Waals surface area (Å²) in [5.74, 6) is -1.03. The first kappa shape index (κ1) is 19.0. The first-order valence-corrected chi connectivity index (χ1v) is 8.34. The van der Waals surface area contributed by atoms with E-state index in [-0.39, 0.29) is 17.7 Å². The third-order valence-corrected chi connectivity index (χ3v) is 4.26. The molecule has 0 radical (unpaired) electrons. The van der Waals surface area contributed by atoms with Crippen LogP contribution in [0.25, 0.3) is 6.08 Å². The molecule has 8 heteroatoms. The number of hydrogen-bond donors (Lipinski definition) is 2. The van der Waals surface area contributed by atoms with E-state index in [0.717, 1.165) is 4.90 Å². The van der Waals surface area contributed by atoms with Gasteiger partial charge in [-0.2, -0.15) is 0 Å². The molecule has 3 rings (SSSR count). The molecule has 8 nitrogen and oxygen atoms in total. The number of benzene rings is 2. The molecule has 0 saturated carbocycles. The Morgan fingerprint density at radius 1 is 1.04 bits per heavy atom. The lowest BCUT2D eigenvalue weighted by Gasteiger charge is -2.07. The van der Waals surface area contributed by atoms with Gasteiger partial charge in [-0.05, 0) is 42.0 Å². The van der Waals surface area contributed by atoms with Gasteiger partial charge in [-0.1, -0.05) is 0 Å². The Hall–Kier alpha value is -3.81. The lowest BCUT2D eigenvalue weighted by Crippen LogP contribution is -2.24. The monoisotopic (exact) mass is 381 g/mol. The van der Waals surface area contributed by atoms with Crippen LogP contribution in [0, 0.1) is 0 Å². The zero-order valence-electron chi connectivity index (χ0n) is 15.4. The molecule has 0 fully saturated rings. The van der Waals surface area contributed by atoms with Gasteiger partial charge in [-0.25, -0.2) is 4.79 Å². The number of amides is 2. The van der Waals surface area contributed by atoms with Crippen LogP contribution < -0.4 is 16.2 Å². The van der Waals surface area contributed by atoms with Crippen molar-refractivity contribution in [3.63, 3.8) is 0 Å². The number of carbonyl (C=O) groups excluding carboxylic acids is 3. The quantitative estimate of drug-likeness (QED) is 0.350. The maximum atomic E-state index is 12.1. The topological polar surface area (TPSA) is 125 Å². The number of rotatable bonds is 5. The lowest BCUT2D eigenvalue weighted by atomic mass is 10.0. The fourth-order valence-corrected chi connectivity index (χ4v) is 2.90. The van der Waals surface area contributed by atoms with Crippen LogP contribution in [-0.2, 0) is 16.1 Å². The molecule has 0 atom stereocenters. The van der Waals surface area contributed by atoms with Gasteiger partial charge in [-0.3, -0.25) is 14.5 Å². The average molecular weight is 381 g/mol. The molecular formula is C20H19N3O5. The molecule has 144 valence electrons. The van der Waals surface area contributed by atoms with E-state index in [0.29, 0.717) is 28.3 Å². The summed E-state index contributed by atoms with van der Waals surface area (Å²) in [6, 6.07) is 7.93. The summed E-state index contributed by atoms with van der Waals surface area (Å²) < 4.78 is 10.4. The van der Waals surface area contributed by atoms with Crippen LogP contribution in [0.4, 0.5) is 11.4 Å². The van der Waals surface area contributed by atoms with Crippen molar-refractivity contribution in [3.05, 3.63) is 58.7 Å². The van der Waals surface area contributed by atoms with Crippen molar-refractivity contribution in [3.8, 4) is 5.75 Å². The first-order chi connectivity index (χ1) is 13.3. The highest BCUT2D eigenvalue weighted by Crippen LogP contribution is 2.30. The van der Waals surface area contributed by atoms with Gasteiger partial charge in [0, 0.05) is 30.1 Å². The molecule has 2 aromatic carbocycles. The van der Waals surface area contributed by atoms with E-state index in [1.165, 1.54) is 38.4 Å². The molecule has 0 saturated heterocycles. The van der Waals surface area contributed by atoms with E-state index in [2.05, 4.69) is 0 Å². The second-order valence-electron chi connectivity index (χ2n) is 6.26. The highest BCUT2D eigenvalue weighted by atomic mass is 16.5. The minimum absolute atomic E-state index is 0.0114. The number of methoxy groups -OCH3 is 1. The molecule has 0 spiro atoms. The first-order valence-electron chi connectivity index (χ1n) is 8.34. The highest BCUT2D eigenvalue weighted by Gasteiger charge is 2.33. The number of hydrogen-bond acceptors (Lipinski definition) is 7. The van der Waals surface area contributed by atoms with Crippen molar-refractivity contribution in [1.82, 2.24) is 4.90 Å². The SMILES string of the molecule is COc1cc2c(cc1/C=C/C(=O)OCc1cc(N)cc(N)c1)C(=O)N(C)C2=O. The fraction of sp³-hybridized carbons (Fsp3) is 0.150. The Morgan fingerprint density at radius 3 is 2.25 bits per heavy atom. The molecule has 0 unspecified atom stereocenters. The van der Waals surface area contributed by atoms with Gasteiger partial charge in [0.05, 0.1) is 18.2 Å². The zero-order valence-corrected chi connectivity index (χ0v) is 15.4. The van der Waals surface area contributed by atoms with E-state index in [9.17, 15) is 14.4 Å². The number of nitrogens with zero attached hydrogens (tertiary/aromatic N) is 1. The minimum Gasteiger partial charge on any atom is -0.496 e. The van der Waals surface area contributed by atoms with Crippen molar-refractivity contribution in [2.45, 2.75) is 6.61 Å². The summed E-state index contributed by atoms with van der Waals surface area (Å²) in [6.45, 7) is 0.0114. The van der Waals surface area contributed by atoms with Gasteiger partial charge in [-0.15, -0.1) is 0 Å². The summed E-state index contributed by atoms with van der Waals surface area (Å²) in [7, 11) is 2.85. The molecule has 1 aliphatic heterocycles. The smallest absolute Gasteiger partial charge is 0.331 e. The van der Waals surface area contributed by atoms with E-state index in [1.807, 2.05) is 0 Å². The van der Waals surface area contributed by atoms with E-state index in [1.54, 1.807) is 18.2 Å². The predicted molar refractivity (Wildman–Crippen MR) is 104 cm³/mol. The molecular weight excluding hydrogens is 362 g/mol. The highest BCUT2D eigenvalue weighted by molar-refractivity contribution is 6.21. The van der Waals surface area contributed by atoms with Crippen LogP contribution in [0.2, 0.25) is 0 Å². The maximum Gasteiger partial charge on any atom is 0.331 e. The molecule has 0 bridgehead atoms. The van der Waals surface area contributed by atoms with E-state index in [4.69, 9.17) is 20.9 Å². The van der Waals surface area contributed by atoms with E-state index < -0.39 is 17.8 Å². The van der Waals surface area contributed by atoms with Crippen LogP contribution in [0.15, 0.2) is 36.4 Å². The molecule has 1 heterocycles. The summed E-state index contributed by atoms with van der Waals surface area (Å²) in [5.41, 5.74) is 14.0. The molecule has 2 aromatic rings. The molecule has 0 aromatic heterocycles. The van der Waals surface area contributed by atoms with E-state index >= 15 is 0 Å². The summed E-state index contributed by atoms with van der Waals surface area (Å²) in [5, 5.41) is 0. The number of anilines is 2. The summed E-state index contributed by atoms with van der Waals surface area (Å²) >= 11 is 0. The third kappa shape index (κ3) is 3.66. The van der Waals surface area contributed by atoms with Crippen LogP contribution in [-0.4, -0.2) is 36.8 Å². The van der Waals surface area contributed by atoms with Crippen molar-refractivity contribution in [2.24, 2.45) is 0 Å². The molecule has 4 N–H and O–H groups in total. The average Bonchev–Trinajstić information content (AvgIpc) is 2.87. The van der Waals surface area contributed by atoms with Gasteiger partial charge in [0.1, 0.15) is 12.4 Å². The van der Waals surface area contributed by atoms with Crippen LogP contribution in [0.3, 0.4) is 0 Å². The van der Waals surface area contributed by atoms with Crippen molar-refractivity contribution < 1.29 is 23.9 Å². The second-order valence-corrected chi connectivity index (χ2v) is 6.26. The maximum absolute atomic E-state index is 12.1. The molecule has 2 amide bonds. The van der Waals surface area contributed by atoms with Gasteiger partial charge in [0.25, 0.3) is 11.8 Å². The Bertz CT molecular complexity index is 993. The Kier molecular flexibility index (Phi) is 5.04. The van der Waals surface area contributed by atoms with Gasteiger partial charge in [0.15, 0.2) is 0 Å². The van der Waals surface area contributed by atoms with Crippen LogP contribution >= 0.6 is 0 Å². The van der Waals surface area contributed by atoms with Crippen LogP contribution in [0.1, 0.15) is 31.8 Å². The number of fused-ring (bicyclic) bond motifs is 1. The Labute approximate surface area is 161 Å². The lowest BCUT2D eigenvalue weighted by molar-refractivity contribution is -0.138. The number of esters is 1. The summed E-state index contributed by atoms with van der Waals surface area (Å²) in [6.07, 6.45) is 2.68. The van der Waals surface area contributed by atoms with Crippen molar-refractivity contribution in [1.29, 1.82) is 0 Å². The standard InChI is InChI=1S/C20H19N3O5/c1-23-19(25)15-7-12(17(27-2)9-16(15)20(23)26)3-4-18(24)28-10-11-5-13(21)8-14(22)6-11/h3-9H,10,21-22H2,1-2H3/b4-3+. The minimum atomic E-state index is -0.594. The Morgan fingerprint density at radius 2 is 1.64 bits per heavy atom. The number of ether oxygens (including phenoxy) is 2. The largest absolute Gasteiger partial charge is 0.496 e. The number of carbonyl (C=O) groups is 3. The summed E-state index contributed by atoms with van der Waals surface area (Å²) in [4.78, 5) is 37.2. The van der Waals surface area contributed by atoms with Gasteiger partial charge in [0.2, 0.25) is 0 Å². The number of nitrogens with two attached hydrogens (primary N) is 2. The molecule has 0 aliphatic carbocycles. The van der Waals surface area contributed by atoms with Gasteiger partial charge >= 0.3 is 5.97 Å². The second kappa shape index (κ2) is 7.43. The van der Waals surface area contributed by atoms with Crippen molar-refractivity contribution >= 4 is 35.2 Å². The predicted octanol–water partition coefficient (Wildman–Crippen LogP) is 1.84. The number of imide groups is 1. The van der Waals surface area contributed by atoms with Gasteiger partial charge < -0.3 is 20.9 Å². The molecule has 28 heavy (non-hydrogen) atoms. The third-order valence-electron chi connectivity index (χ3n) is 4.26. The number of nitrogen functional groups attached to an aromatic ring is 2. The Balaban J connectivity index is 1.75. The van der Waals surface area contributed by atoms with Crippen molar-refractivity contribution in [2.75, 3.05) is 25.6 Å².